The van der Waals surface area contributed by atoms with E-state index >= 15 is 0 Å². The molecular formula is C10H16N2O. The number of carbonyl (C=O) groups is 1. The van der Waals surface area contributed by atoms with Crippen LogP contribution in [0.15, 0.2) is 12.3 Å². The normalized spacial score (nSPS) is 32.6. The molecule has 0 saturated carbocycles. The Balaban J connectivity index is 2.21. The summed E-state index contributed by atoms with van der Waals surface area (Å²) >= 11 is 0. The van der Waals surface area contributed by atoms with Crippen molar-refractivity contribution in [3.63, 3.8) is 0 Å². The smallest absolute Gasteiger partial charge is 0.220 e. The van der Waals surface area contributed by atoms with Gasteiger partial charge in [0.15, 0.2) is 0 Å². The Hall–Kier alpha value is -0.990. The Morgan fingerprint density at radius 1 is 1.62 bits per heavy atom. The summed E-state index contributed by atoms with van der Waals surface area (Å²) in [5, 5.41) is 0. The number of nitrogens with zero attached hydrogens (tertiary/aromatic N) is 2. The van der Waals surface area contributed by atoms with Crippen LogP contribution in [0.1, 0.15) is 13.3 Å². The van der Waals surface area contributed by atoms with E-state index in [1.54, 1.807) is 6.92 Å². The monoisotopic (exact) mass is 180 g/mol. The molecule has 2 saturated heterocycles. The number of likely N-dealkylation sites (N-methyl/N-ethyl adjacent to an activating group) is 1. The summed E-state index contributed by atoms with van der Waals surface area (Å²) < 4.78 is 0. The van der Waals surface area contributed by atoms with Crippen molar-refractivity contribution in [3.05, 3.63) is 12.3 Å². The summed E-state index contributed by atoms with van der Waals surface area (Å²) in [5.74, 6) is 0.811. The van der Waals surface area contributed by atoms with Gasteiger partial charge in [-0.1, -0.05) is 6.58 Å². The molecule has 0 spiro atoms. The number of rotatable bonds is 0. The minimum Gasteiger partial charge on any atom is -0.376 e. The van der Waals surface area contributed by atoms with Gasteiger partial charge >= 0.3 is 0 Å². The van der Waals surface area contributed by atoms with Crippen LogP contribution in [0.2, 0.25) is 0 Å². The zero-order chi connectivity index (χ0) is 9.59. The number of likely N-dealkylation sites (tertiary alicyclic amines) is 2. The van der Waals surface area contributed by atoms with E-state index in [-0.39, 0.29) is 5.91 Å². The highest BCUT2D eigenvalue weighted by Crippen LogP contribution is 2.36. The molecule has 1 amide bonds. The summed E-state index contributed by atoms with van der Waals surface area (Å²) in [4.78, 5) is 15.4. The predicted octanol–water partition coefficient (Wildman–Crippen LogP) is 0.682. The van der Waals surface area contributed by atoms with Crippen LogP contribution in [0.25, 0.3) is 0 Å². The molecule has 13 heavy (non-hydrogen) atoms. The number of amides is 1. The molecule has 3 nitrogen and oxygen atoms in total. The van der Waals surface area contributed by atoms with Gasteiger partial charge in [-0.3, -0.25) is 4.79 Å². The molecule has 0 bridgehead atoms. The zero-order valence-corrected chi connectivity index (χ0v) is 8.29. The standard InChI is InChI=1S/C10H16N2O/c1-7-10-9(6-11(7)3)4-5-12(10)8(2)13/h9-10H,1,4-6H2,2-3H3/t9-,10+/m0/s1. The van der Waals surface area contributed by atoms with Crippen LogP contribution in [-0.2, 0) is 4.79 Å². The lowest BCUT2D eigenvalue weighted by molar-refractivity contribution is -0.129. The van der Waals surface area contributed by atoms with Crippen LogP contribution in [0.4, 0.5) is 0 Å². The van der Waals surface area contributed by atoms with Crippen molar-refractivity contribution in [2.45, 2.75) is 19.4 Å². The second-order valence-corrected chi connectivity index (χ2v) is 4.08. The second-order valence-electron chi connectivity index (χ2n) is 4.08. The van der Waals surface area contributed by atoms with Gasteiger partial charge in [-0.25, -0.2) is 0 Å². The van der Waals surface area contributed by atoms with E-state index in [0.717, 1.165) is 25.2 Å². The Labute approximate surface area is 79.0 Å². The fraction of sp³-hybridized carbons (Fsp3) is 0.700. The van der Waals surface area contributed by atoms with Crippen molar-refractivity contribution in [2.75, 3.05) is 20.1 Å². The zero-order valence-electron chi connectivity index (χ0n) is 8.29. The third-order valence-electron chi connectivity index (χ3n) is 3.27. The molecule has 0 aromatic heterocycles. The molecule has 2 atom stereocenters. The van der Waals surface area contributed by atoms with Gasteiger partial charge in [-0.2, -0.15) is 0 Å². The van der Waals surface area contributed by atoms with Crippen molar-refractivity contribution in [1.29, 1.82) is 0 Å². The fourth-order valence-electron chi connectivity index (χ4n) is 2.55. The van der Waals surface area contributed by atoms with Gasteiger partial charge in [-0.15, -0.1) is 0 Å². The first-order valence-corrected chi connectivity index (χ1v) is 4.78. The van der Waals surface area contributed by atoms with Crippen molar-refractivity contribution in [3.8, 4) is 0 Å². The first-order valence-electron chi connectivity index (χ1n) is 4.78. The fourth-order valence-corrected chi connectivity index (χ4v) is 2.55. The van der Waals surface area contributed by atoms with Crippen LogP contribution in [0.5, 0.6) is 0 Å². The molecule has 2 fully saturated rings. The lowest BCUT2D eigenvalue weighted by Gasteiger charge is -2.24. The summed E-state index contributed by atoms with van der Waals surface area (Å²) in [6.45, 7) is 7.67. The number of hydrogen-bond acceptors (Lipinski definition) is 2. The first-order chi connectivity index (χ1) is 6.11. The Morgan fingerprint density at radius 2 is 2.31 bits per heavy atom. The summed E-state index contributed by atoms with van der Waals surface area (Å²) in [7, 11) is 2.05. The maximum atomic E-state index is 11.3. The molecule has 0 radical (unpaired) electrons. The van der Waals surface area contributed by atoms with Crippen molar-refractivity contribution in [1.82, 2.24) is 9.80 Å². The van der Waals surface area contributed by atoms with Gasteiger partial charge in [0.1, 0.15) is 0 Å². The Kier molecular flexibility index (Phi) is 1.82. The highest BCUT2D eigenvalue weighted by atomic mass is 16.2. The molecule has 0 unspecified atom stereocenters. The van der Waals surface area contributed by atoms with Crippen LogP contribution < -0.4 is 0 Å². The van der Waals surface area contributed by atoms with Crippen molar-refractivity contribution >= 4 is 5.91 Å². The molecule has 0 aromatic rings. The van der Waals surface area contributed by atoms with E-state index in [9.17, 15) is 4.79 Å². The third-order valence-corrected chi connectivity index (χ3v) is 3.27. The molecule has 2 heterocycles. The molecule has 2 aliphatic rings. The summed E-state index contributed by atoms with van der Waals surface area (Å²) in [6.07, 6.45) is 1.13. The highest BCUT2D eigenvalue weighted by molar-refractivity contribution is 5.74. The number of carbonyl (C=O) groups excluding carboxylic acids is 1. The quantitative estimate of drug-likeness (QED) is 0.547. The molecule has 2 rings (SSSR count). The average Bonchev–Trinajstić information content (AvgIpc) is 2.55. The lowest BCUT2D eigenvalue weighted by Crippen LogP contribution is -2.36. The molecular weight excluding hydrogens is 164 g/mol. The highest BCUT2D eigenvalue weighted by Gasteiger charge is 2.43. The van der Waals surface area contributed by atoms with E-state index in [0.29, 0.717) is 12.0 Å². The van der Waals surface area contributed by atoms with Crippen LogP contribution in [0, 0.1) is 5.92 Å². The molecule has 72 valence electrons. The number of fused-ring (bicyclic) bond motifs is 1. The van der Waals surface area contributed by atoms with Crippen LogP contribution in [0.3, 0.4) is 0 Å². The molecule has 0 N–H and O–H groups in total. The topological polar surface area (TPSA) is 23.6 Å². The maximum Gasteiger partial charge on any atom is 0.220 e. The third kappa shape index (κ3) is 1.14. The van der Waals surface area contributed by atoms with Crippen molar-refractivity contribution < 1.29 is 4.79 Å². The predicted molar refractivity (Wildman–Crippen MR) is 51.1 cm³/mol. The minimum atomic E-state index is 0.184. The van der Waals surface area contributed by atoms with Gasteiger partial charge < -0.3 is 9.80 Å². The molecule has 0 aliphatic carbocycles. The minimum absolute atomic E-state index is 0.184. The van der Waals surface area contributed by atoms with E-state index in [2.05, 4.69) is 18.5 Å². The lowest BCUT2D eigenvalue weighted by atomic mass is 10.0. The molecule has 0 aromatic carbocycles. The van der Waals surface area contributed by atoms with Gasteiger partial charge in [0.25, 0.3) is 0 Å². The van der Waals surface area contributed by atoms with Gasteiger partial charge in [-0.05, 0) is 6.42 Å². The Bertz CT molecular complexity index is 262. The van der Waals surface area contributed by atoms with Gasteiger partial charge in [0, 0.05) is 38.7 Å². The first kappa shape index (κ1) is 8.60. The number of hydrogen-bond donors (Lipinski definition) is 0. The van der Waals surface area contributed by atoms with Crippen LogP contribution >= 0.6 is 0 Å². The SMILES string of the molecule is C=C1[C@@H]2[C@@H](CCN2C(C)=O)CN1C. The maximum absolute atomic E-state index is 11.3. The van der Waals surface area contributed by atoms with Gasteiger partial charge in [0.2, 0.25) is 5.91 Å². The summed E-state index contributed by atoms with van der Waals surface area (Å²) in [6, 6.07) is 0.294. The largest absolute Gasteiger partial charge is 0.376 e. The van der Waals surface area contributed by atoms with E-state index in [4.69, 9.17) is 0 Å². The van der Waals surface area contributed by atoms with E-state index in [1.807, 2.05) is 4.90 Å². The van der Waals surface area contributed by atoms with Crippen molar-refractivity contribution in [2.24, 2.45) is 5.92 Å². The molecule has 2 aliphatic heterocycles. The average molecular weight is 180 g/mol. The summed E-state index contributed by atoms with van der Waals surface area (Å²) in [5.41, 5.74) is 1.11. The Morgan fingerprint density at radius 3 is 2.92 bits per heavy atom. The van der Waals surface area contributed by atoms with Gasteiger partial charge in [0.05, 0.1) is 6.04 Å². The van der Waals surface area contributed by atoms with Crippen LogP contribution in [-0.4, -0.2) is 41.9 Å². The molecule has 3 heteroatoms. The second kappa shape index (κ2) is 2.76. The van der Waals surface area contributed by atoms with E-state index in [1.165, 1.54) is 0 Å². The van der Waals surface area contributed by atoms with E-state index < -0.39 is 0 Å².